The van der Waals surface area contributed by atoms with Crippen molar-refractivity contribution in [1.29, 1.82) is 0 Å². The SMILES string of the molecule is CC.CC[C@@H](CC(C)C)OC. The zero-order chi connectivity index (χ0) is 9.28. The van der Waals surface area contributed by atoms with Crippen LogP contribution in [0.15, 0.2) is 0 Å². The van der Waals surface area contributed by atoms with Crippen LogP contribution in [0.25, 0.3) is 0 Å². The summed E-state index contributed by atoms with van der Waals surface area (Å²) in [5.41, 5.74) is 0. The zero-order valence-electron chi connectivity index (χ0n) is 8.98. The summed E-state index contributed by atoms with van der Waals surface area (Å²) in [6.45, 7) is 10.6. The molecule has 1 heteroatoms. The molecule has 11 heavy (non-hydrogen) atoms. The molecule has 0 spiro atoms. The van der Waals surface area contributed by atoms with Gasteiger partial charge in [-0.2, -0.15) is 0 Å². The molecule has 0 fully saturated rings. The quantitative estimate of drug-likeness (QED) is 0.611. The molecule has 0 unspecified atom stereocenters. The van der Waals surface area contributed by atoms with Crippen LogP contribution < -0.4 is 0 Å². The maximum Gasteiger partial charge on any atom is 0.0571 e. The van der Waals surface area contributed by atoms with Gasteiger partial charge in [-0.15, -0.1) is 0 Å². The Morgan fingerprint density at radius 2 is 1.64 bits per heavy atom. The van der Waals surface area contributed by atoms with E-state index in [9.17, 15) is 0 Å². The molecule has 0 radical (unpaired) electrons. The van der Waals surface area contributed by atoms with Crippen molar-refractivity contribution < 1.29 is 4.74 Å². The summed E-state index contributed by atoms with van der Waals surface area (Å²) in [5, 5.41) is 0. The van der Waals surface area contributed by atoms with Crippen molar-refractivity contribution in [1.82, 2.24) is 0 Å². The van der Waals surface area contributed by atoms with E-state index >= 15 is 0 Å². The predicted molar refractivity (Wildman–Crippen MR) is 51.9 cm³/mol. The minimum Gasteiger partial charge on any atom is -0.381 e. The maximum absolute atomic E-state index is 5.21. The van der Waals surface area contributed by atoms with Crippen molar-refractivity contribution in [3.05, 3.63) is 0 Å². The Bertz CT molecular complexity index is 55.9. The fourth-order valence-corrected chi connectivity index (χ4v) is 0.955. The van der Waals surface area contributed by atoms with Crippen molar-refractivity contribution in [3.63, 3.8) is 0 Å². The Balaban J connectivity index is 0. The minimum atomic E-state index is 0.477. The molecule has 0 N–H and O–H groups in total. The van der Waals surface area contributed by atoms with Crippen LogP contribution in [0.5, 0.6) is 0 Å². The topological polar surface area (TPSA) is 9.23 Å². The lowest BCUT2D eigenvalue weighted by Gasteiger charge is -2.14. The Kier molecular flexibility index (Phi) is 12.3. The zero-order valence-corrected chi connectivity index (χ0v) is 8.98. The Hall–Kier alpha value is -0.0400. The summed E-state index contributed by atoms with van der Waals surface area (Å²) >= 11 is 0. The number of rotatable bonds is 4. The van der Waals surface area contributed by atoms with Crippen LogP contribution in [0.3, 0.4) is 0 Å². The first-order valence-corrected chi connectivity index (χ1v) is 4.73. The van der Waals surface area contributed by atoms with Crippen LogP contribution in [0.2, 0.25) is 0 Å². The molecule has 0 saturated heterocycles. The van der Waals surface area contributed by atoms with E-state index in [4.69, 9.17) is 4.74 Å². The second kappa shape index (κ2) is 9.96. The number of ether oxygens (including phenoxy) is 1. The van der Waals surface area contributed by atoms with Gasteiger partial charge in [-0.1, -0.05) is 34.6 Å². The largest absolute Gasteiger partial charge is 0.381 e. The van der Waals surface area contributed by atoms with Crippen molar-refractivity contribution in [3.8, 4) is 0 Å². The molecule has 1 nitrogen and oxygen atoms in total. The van der Waals surface area contributed by atoms with Gasteiger partial charge in [0.1, 0.15) is 0 Å². The lowest BCUT2D eigenvalue weighted by atomic mass is 10.0. The third kappa shape index (κ3) is 9.96. The van der Waals surface area contributed by atoms with E-state index in [1.54, 1.807) is 7.11 Å². The molecule has 0 aliphatic rings. The van der Waals surface area contributed by atoms with Gasteiger partial charge in [0, 0.05) is 7.11 Å². The van der Waals surface area contributed by atoms with E-state index in [0.717, 1.165) is 12.3 Å². The molecule has 0 aromatic carbocycles. The second-order valence-corrected chi connectivity index (χ2v) is 2.90. The van der Waals surface area contributed by atoms with E-state index in [1.165, 1.54) is 6.42 Å². The first kappa shape index (κ1) is 13.5. The van der Waals surface area contributed by atoms with Crippen LogP contribution in [0.1, 0.15) is 47.5 Å². The summed E-state index contributed by atoms with van der Waals surface area (Å²) in [7, 11) is 1.79. The highest BCUT2D eigenvalue weighted by Gasteiger charge is 2.05. The van der Waals surface area contributed by atoms with Gasteiger partial charge in [-0.25, -0.2) is 0 Å². The van der Waals surface area contributed by atoms with E-state index in [2.05, 4.69) is 20.8 Å². The van der Waals surface area contributed by atoms with Crippen LogP contribution in [0, 0.1) is 5.92 Å². The smallest absolute Gasteiger partial charge is 0.0571 e. The Morgan fingerprint density at radius 3 is 1.73 bits per heavy atom. The van der Waals surface area contributed by atoms with Crippen LogP contribution in [0.4, 0.5) is 0 Å². The van der Waals surface area contributed by atoms with Crippen molar-refractivity contribution in [2.45, 2.75) is 53.6 Å². The Labute approximate surface area is 72.1 Å². The average molecular weight is 160 g/mol. The molecule has 0 aliphatic heterocycles. The molecule has 0 aliphatic carbocycles. The third-order valence-electron chi connectivity index (χ3n) is 1.52. The number of hydrogen-bond donors (Lipinski definition) is 0. The second-order valence-electron chi connectivity index (χ2n) is 2.90. The summed E-state index contributed by atoms with van der Waals surface area (Å²) in [6, 6.07) is 0. The van der Waals surface area contributed by atoms with Gasteiger partial charge in [-0.05, 0) is 18.8 Å². The molecule has 0 aromatic rings. The molecular formula is C10H24O. The van der Waals surface area contributed by atoms with Gasteiger partial charge in [0.25, 0.3) is 0 Å². The maximum atomic E-state index is 5.21. The summed E-state index contributed by atoms with van der Waals surface area (Å²) in [5.74, 6) is 0.759. The van der Waals surface area contributed by atoms with E-state index in [-0.39, 0.29) is 0 Å². The monoisotopic (exact) mass is 160 g/mol. The lowest BCUT2D eigenvalue weighted by Crippen LogP contribution is -2.11. The van der Waals surface area contributed by atoms with Crippen LogP contribution >= 0.6 is 0 Å². The van der Waals surface area contributed by atoms with Gasteiger partial charge in [0.15, 0.2) is 0 Å². The van der Waals surface area contributed by atoms with Crippen molar-refractivity contribution in [2.24, 2.45) is 5.92 Å². The molecule has 1 atom stereocenters. The van der Waals surface area contributed by atoms with E-state index in [1.807, 2.05) is 13.8 Å². The molecule has 0 bridgehead atoms. The fraction of sp³-hybridized carbons (Fsp3) is 1.00. The predicted octanol–water partition coefficient (Wildman–Crippen LogP) is 3.48. The summed E-state index contributed by atoms with van der Waals surface area (Å²) in [6.07, 6.45) is 2.80. The molecule has 0 aromatic heterocycles. The average Bonchev–Trinajstić information content (AvgIpc) is 2.03. The molecule has 0 saturated carbocycles. The lowest BCUT2D eigenvalue weighted by molar-refractivity contribution is 0.0815. The van der Waals surface area contributed by atoms with Gasteiger partial charge in [0.2, 0.25) is 0 Å². The number of hydrogen-bond acceptors (Lipinski definition) is 1. The van der Waals surface area contributed by atoms with Gasteiger partial charge in [-0.3, -0.25) is 0 Å². The van der Waals surface area contributed by atoms with E-state index in [0.29, 0.717) is 6.10 Å². The molecule has 0 heterocycles. The number of methoxy groups -OCH3 is 1. The Morgan fingerprint density at radius 1 is 1.18 bits per heavy atom. The molecule has 70 valence electrons. The van der Waals surface area contributed by atoms with Gasteiger partial charge in [0.05, 0.1) is 6.10 Å². The van der Waals surface area contributed by atoms with E-state index < -0.39 is 0 Å². The van der Waals surface area contributed by atoms with Crippen molar-refractivity contribution >= 4 is 0 Å². The van der Waals surface area contributed by atoms with Gasteiger partial charge < -0.3 is 4.74 Å². The summed E-state index contributed by atoms with van der Waals surface area (Å²) < 4.78 is 5.21. The highest BCUT2D eigenvalue weighted by molar-refractivity contribution is 4.56. The molecule has 0 rings (SSSR count). The minimum absolute atomic E-state index is 0.477. The van der Waals surface area contributed by atoms with Crippen molar-refractivity contribution in [2.75, 3.05) is 7.11 Å². The highest BCUT2D eigenvalue weighted by Crippen LogP contribution is 2.09. The third-order valence-corrected chi connectivity index (χ3v) is 1.52. The first-order chi connectivity index (χ1) is 5.20. The normalized spacial score (nSPS) is 12.3. The highest BCUT2D eigenvalue weighted by atomic mass is 16.5. The van der Waals surface area contributed by atoms with Crippen LogP contribution in [-0.4, -0.2) is 13.2 Å². The van der Waals surface area contributed by atoms with Crippen LogP contribution in [-0.2, 0) is 4.74 Å². The molecule has 0 amide bonds. The standard InChI is InChI=1S/C8H18O.C2H6/c1-5-8(9-4)6-7(2)3;1-2/h7-8H,5-6H2,1-4H3;1-2H3/t8-;/m0./s1. The van der Waals surface area contributed by atoms with Gasteiger partial charge >= 0.3 is 0 Å². The summed E-state index contributed by atoms with van der Waals surface area (Å²) in [4.78, 5) is 0. The molecular weight excluding hydrogens is 136 g/mol. The fourth-order valence-electron chi connectivity index (χ4n) is 0.955. The first-order valence-electron chi connectivity index (χ1n) is 4.73.